The maximum atomic E-state index is 2.55. The van der Waals surface area contributed by atoms with E-state index in [1.165, 1.54) is 210 Å². The molecule has 0 saturated heterocycles. The van der Waals surface area contributed by atoms with E-state index < -0.39 is 0 Å². The van der Waals surface area contributed by atoms with Crippen molar-refractivity contribution >= 4 is 0 Å². The molecule has 0 spiro atoms. The summed E-state index contributed by atoms with van der Waals surface area (Å²) in [5.41, 5.74) is 0. The second-order valence-electron chi connectivity index (χ2n) is 13.0. The fourth-order valence-electron chi connectivity index (χ4n) is 6.25. The number of halogens is 1. The Kier molecular flexibility index (Phi) is 35.6. The average molecular weight is 558 g/mol. The Morgan fingerprint density at radius 1 is 0.263 bits per heavy atom. The number of quaternary nitrogens is 1. The SMILES string of the molecule is CCCCCCCCCCCCCCCC[N+](C)(CCC)CCCCCCCCCCCCCCCC.[Cl-]. The molecule has 0 saturated carbocycles. The Labute approximate surface area is 250 Å². The molecule has 0 rings (SSSR count). The highest BCUT2D eigenvalue weighted by Crippen LogP contribution is 2.17. The Morgan fingerprint density at radius 3 is 0.684 bits per heavy atom. The van der Waals surface area contributed by atoms with Crippen LogP contribution in [-0.4, -0.2) is 31.2 Å². The predicted octanol–water partition coefficient (Wildman–Crippen LogP) is 9.81. The standard InChI is InChI=1S/C36H76N.ClH/c1-5-8-10-12-14-16-18-20-22-24-26-28-30-32-35-37(4,34-7-3)36-33-31-29-27-25-23-21-19-17-15-13-11-9-6-2;/h5-36H2,1-4H3;1H/q+1;/p-1. The van der Waals surface area contributed by atoms with E-state index in [-0.39, 0.29) is 12.4 Å². The number of hydrogen-bond acceptors (Lipinski definition) is 0. The van der Waals surface area contributed by atoms with Gasteiger partial charge in [0.05, 0.1) is 26.7 Å². The first-order chi connectivity index (χ1) is 18.2. The van der Waals surface area contributed by atoms with Crippen LogP contribution >= 0.6 is 0 Å². The minimum absolute atomic E-state index is 0. The van der Waals surface area contributed by atoms with Crippen molar-refractivity contribution in [3.8, 4) is 0 Å². The number of unbranched alkanes of at least 4 members (excludes halogenated alkanes) is 26. The monoisotopic (exact) mass is 558 g/mol. The van der Waals surface area contributed by atoms with Crippen molar-refractivity contribution in [3.05, 3.63) is 0 Å². The summed E-state index contributed by atoms with van der Waals surface area (Å²) >= 11 is 0. The second kappa shape index (κ2) is 33.5. The lowest BCUT2D eigenvalue weighted by Crippen LogP contribution is -3.00. The molecule has 38 heavy (non-hydrogen) atoms. The topological polar surface area (TPSA) is 0 Å². The van der Waals surface area contributed by atoms with Gasteiger partial charge in [-0.2, -0.15) is 0 Å². The summed E-state index contributed by atoms with van der Waals surface area (Å²) in [5.74, 6) is 0. The predicted molar refractivity (Wildman–Crippen MR) is 172 cm³/mol. The Hall–Kier alpha value is 0.250. The molecule has 0 aromatic rings. The van der Waals surface area contributed by atoms with Gasteiger partial charge in [-0.25, -0.2) is 0 Å². The smallest absolute Gasteiger partial charge is 0.0784 e. The molecule has 0 bridgehead atoms. The summed E-state index contributed by atoms with van der Waals surface area (Å²) in [7, 11) is 2.55. The highest BCUT2D eigenvalue weighted by Gasteiger charge is 2.19. The highest BCUT2D eigenvalue weighted by atomic mass is 35.5. The summed E-state index contributed by atoms with van der Waals surface area (Å²) in [6.45, 7) is 11.2. The quantitative estimate of drug-likeness (QED) is 0.0570. The van der Waals surface area contributed by atoms with Gasteiger partial charge in [-0.15, -0.1) is 0 Å². The summed E-state index contributed by atoms with van der Waals surface area (Å²) in [5, 5.41) is 0. The van der Waals surface area contributed by atoms with E-state index in [0.717, 1.165) is 0 Å². The molecule has 0 fully saturated rings. The Bertz CT molecular complexity index is 378. The lowest BCUT2D eigenvalue weighted by atomic mass is 10.0. The zero-order valence-electron chi connectivity index (χ0n) is 27.5. The van der Waals surface area contributed by atoms with Gasteiger partial charge in [-0.1, -0.05) is 175 Å². The van der Waals surface area contributed by atoms with Crippen LogP contribution in [0.1, 0.15) is 207 Å². The third-order valence-electron chi connectivity index (χ3n) is 8.87. The maximum absolute atomic E-state index is 2.55. The van der Waals surface area contributed by atoms with Crippen molar-refractivity contribution in [2.24, 2.45) is 0 Å². The molecule has 1 nitrogen and oxygen atoms in total. The maximum Gasteiger partial charge on any atom is 0.0784 e. The molecule has 0 aromatic carbocycles. The third-order valence-corrected chi connectivity index (χ3v) is 8.87. The Balaban J connectivity index is 0. The fraction of sp³-hybridized carbons (Fsp3) is 1.00. The molecule has 0 aromatic heterocycles. The molecule has 0 aliphatic rings. The van der Waals surface area contributed by atoms with Crippen molar-refractivity contribution in [2.75, 3.05) is 26.7 Å². The van der Waals surface area contributed by atoms with Crippen LogP contribution in [-0.2, 0) is 0 Å². The minimum atomic E-state index is 0. The van der Waals surface area contributed by atoms with Crippen LogP contribution in [0.3, 0.4) is 0 Å². The van der Waals surface area contributed by atoms with Gasteiger partial charge >= 0.3 is 0 Å². The minimum Gasteiger partial charge on any atom is -1.00 e. The lowest BCUT2D eigenvalue weighted by molar-refractivity contribution is -0.910. The summed E-state index contributed by atoms with van der Waals surface area (Å²) in [6.07, 6.45) is 42.4. The highest BCUT2D eigenvalue weighted by molar-refractivity contribution is 4.52. The molecule has 0 unspecified atom stereocenters. The van der Waals surface area contributed by atoms with Crippen LogP contribution in [0.5, 0.6) is 0 Å². The van der Waals surface area contributed by atoms with E-state index in [4.69, 9.17) is 0 Å². The molecule has 0 radical (unpaired) electrons. The van der Waals surface area contributed by atoms with Crippen molar-refractivity contribution in [3.63, 3.8) is 0 Å². The first-order valence-electron chi connectivity index (χ1n) is 18.0. The second-order valence-corrected chi connectivity index (χ2v) is 13.0. The molecular formula is C36H76ClN. The largest absolute Gasteiger partial charge is 1.00 e. The molecule has 0 aliphatic carbocycles. The molecule has 0 N–H and O–H groups in total. The lowest BCUT2D eigenvalue weighted by Gasteiger charge is -2.34. The molecule has 0 atom stereocenters. The zero-order valence-corrected chi connectivity index (χ0v) is 28.2. The van der Waals surface area contributed by atoms with Crippen LogP contribution in [0.4, 0.5) is 0 Å². The van der Waals surface area contributed by atoms with Gasteiger partial charge in [-0.05, 0) is 32.1 Å². The fourth-order valence-corrected chi connectivity index (χ4v) is 6.25. The van der Waals surface area contributed by atoms with E-state index in [0.29, 0.717) is 0 Å². The molecule has 0 aliphatic heterocycles. The summed E-state index contributed by atoms with van der Waals surface area (Å²) in [6, 6.07) is 0. The first kappa shape index (κ1) is 40.4. The zero-order chi connectivity index (χ0) is 27.1. The normalized spacial score (nSPS) is 11.7. The van der Waals surface area contributed by atoms with Crippen LogP contribution in [0, 0.1) is 0 Å². The summed E-state index contributed by atoms with van der Waals surface area (Å²) in [4.78, 5) is 0. The van der Waals surface area contributed by atoms with E-state index >= 15 is 0 Å². The molecule has 232 valence electrons. The van der Waals surface area contributed by atoms with Gasteiger partial charge in [0, 0.05) is 0 Å². The van der Waals surface area contributed by atoms with Gasteiger partial charge in [0.1, 0.15) is 0 Å². The molecule has 0 amide bonds. The van der Waals surface area contributed by atoms with Gasteiger partial charge in [0.15, 0.2) is 0 Å². The van der Waals surface area contributed by atoms with Crippen LogP contribution in [0.25, 0.3) is 0 Å². The molecular weight excluding hydrogens is 482 g/mol. The Morgan fingerprint density at radius 2 is 0.474 bits per heavy atom. The van der Waals surface area contributed by atoms with Crippen LogP contribution in [0.15, 0.2) is 0 Å². The van der Waals surface area contributed by atoms with Gasteiger partial charge < -0.3 is 16.9 Å². The average Bonchev–Trinajstić information content (AvgIpc) is 2.89. The van der Waals surface area contributed by atoms with Crippen LogP contribution < -0.4 is 12.4 Å². The summed E-state index contributed by atoms with van der Waals surface area (Å²) < 4.78 is 1.34. The molecule has 2 heteroatoms. The number of hydrogen-bond donors (Lipinski definition) is 0. The van der Waals surface area contributed by atoms with Crippen molar-refractivity contribution in [2.45, 2.75) is 207 Å². The number of nitrogens with zero attached hydrogens (tertiary/aromatic N) is 1. The third kappa shape index (κ3) is 30.8. The van der Waals surface area contributed by atoms with Crippen LogP contribution in [0.2, 0.25) is 0 Å². The van der Waals surface area contributed by atoms with E-state index in [1.54, 1.807) is 0 Å². The number of rotatable bonds is 32. The van der Waals surface area contributed by atoms with E-state index in [2.05, 4.69) is 27.8 Å². The van der Waals surface area contributed by atoms with E-state index in [1.807, 2.05) is 0 Å². The first-order valence-corrected chi connectivity index (χ1v) is 18.0. The van der Waals surface area contributed by atoms with Gasteiger partial charge in [0.25, 0.3) is 0 Å². The molecule has 0 heterocycles. The van der Waals surface area contributed by atoms with Gasteiger partial charge in [0.2, 0.25) is 0 Å². The van der Waals surface area contributed by atoms with Crippen molar-refractivity contribution in [1.29, 1.82) is 0 Å². The van der Waals surface area contributed by atoms with E-state index in [9.17, 15) is 0 Å². The van der Waals surface area contributed by atoms with Crippen molar-refractivity contribution < 1.29 is 16.9 Å². The van der Waals surface area contributed by atoms with Gasteiger partial charge in [-0.3, -0.25) is 0 Å². The van der Waals surface area contributed by atoms with Crippen molar-refractivity contribution in [1.82, 2.24) is 0 Å².